The summed E-state index contributed by atoms with van der Waals surface area (Å²) in [5, 5.41) is 2.93. The van der Waals surface area contributed by atoms with E-state index in [2.05, 4.69) is 10.7 Å². The lowest BCUT2D eigenvalue weighted by atomic mass is 9.98. The first kappa shape index (κ1) is 21.3. The van der Waals surface area contributed by atoms with Crippen LogP contribution in [0.2, 0.25) is 0 Å². The van der Waals surface area contributed by atoms with Crippen molar-refractivity contribution in [2.24, 2.45) is 0 Å². The molecule has 1 aliphatic heterocycles. The Balaban J connectivity index is 1.68. The van der Waals surface area contributed by atoms with E-state index in [9.17, 15) is 9.59 Å². The molecule has 0 spiro atoms. The average molecular weight is 429 g/mol. The number of benzene rings is 3. The molecular formula is C26H26N3O3+. The number of ether oxygens (including phenoxy) is 1. The Morgan fingerprint density at radius 2 is 1.53 bits per heavy atom. The van der Waals surface area contributed by atoms with Crippen LogP contribution in [0.4, 0.5) is 0 Å². The number of nitrogens with zero attached hydrogens (tertiary/aromatic N) is 1. The van der Waals surface area contributed by atoms with Crippen molar-refractivity contribution in [2.45, 2.75) is 25.9 Å². The van der Waals surface area contributed by atoms with Gasteiger partial charge in [-0.05, 0) is 50.2 Å². The van der Waals surface area contributed by atoms with E-state index in [1.807, 2.05) is 80.7 Å². The largest absolute Gasteiger partial charge is 0.497 e. The number of carbonyl (C=O) groups is 2. The Labute approximate surface area is 187 Å². The zero-order valence-corrected chi connectivity index (χ0v) is 18.3. The van der Waals surface area contributed by atoms with Crippen molar-refractivity contribution >= 4 is 18.0 Å². The van der Waals surface area contributed by atoms with E-state index >= 15 is 0 Å². The number of amides is 2. The molecule has 4 rings (SSSR count). The predicted molar refractivity (Wildman–Crippen MR) is 123 cm³/mol. The van der Waals surface area contributed by atoms with Gasteiger partial charge in [-0.1, -0.05) is 47.5 Å². The van der Waals surface area contributed by atoms with Gasteiger partial charge in [0.1, 0.15) is 5.75 Å². The lowest BCUT2D eigenvalue weighted by Gasteiger charge is -2.15. The Morgan fingerprint density at radius 3 is 2.12 bits per heavy atom. The standard InChI is InChI=1S/C26H25N3O3/c1-17-4-10-20(11-5-17)24-23(27-25(30)21-12-6-18(2)7-13-21)26(31)28-29(24)16-19-8-14-22(32-3)15-9-19/h4-16,23-24H,1-3H3,(H-,27,28,30,31)/p+1/b29-16-/t23-,24-/m0/s1. The highest BCUT2D eigenvalue weighted by molar-refractivity contribution is 5.98. The molecule has 32 heavy (non-hydrogen) atoms. The molecule has 0 aromatic heterocycles. The van der Waals surface area contributed by atoms with Crippen LogP contribution in [0.3, 0.4) is 0 Å². The minimum atomic E-state index is -0.749. The summed E-state index contributed by atoms with van der Waals surface area (Å²) in [6.07, 6.45) is 1.86. The number of hydrogen-bond acceptors (Lipinski definition) is 3. The van der Waals surface area contributed by atoms with Gasteiger partial charge in [-0.25, -0.2) is 0 Å². The monoisotopic (exact) mass is 428 g/mol. The Kier molecular flexibility index (Phi) is 6.03. The van der Waals surface area contributed by atoms with Crippen LogP contribution < -0.4 is 15.5 Å². The molecule has 0 radical (unpaired) electrons. The molecule has 6 nitrogen and oxygen atoms in total. The minimum Gasteiger partial charge on any atom is -0.497 e. The summed E-state index contributed by atoms with van der Waals surface area (Å²) in [4.78, 5) is 25.8. The molecule has 162 valence electrons. The molecule has 1 aliphatic rings. The first-order valence-electron chi connectivity index (χ1n) is 10.5. The molecule has 2 N–H and O–H groups in total. The van der Waals surface area contributed by atoms with Crippen molar-refractivity contribution in [1.29, 1.82) is 0 Å². The number of rotatable bonds is 5. The molecule has 2 atom stereocenters. The lowest BCUT2D eigenvalue weighted by Crippen LogP contribution is -2.42. The lowest BCUT2D eigenvalue weighted by molar-refractivity contribution is -0.596. The number of aryl methyl sites for hydroxylation is 2. The normalized spacial score (nSPS) is 19.0. The topological polar surface area (TPSA) is 70.4 Å². The maximum absolute atomic E-state index is 12.9. The minimum absolute atomic E-state index is 0.263. The molecule has 3 aromatic rings. The van der Waals surface area contributed by atoms with E-state index in [0.717, 1.165) is 28.0 Å². The number of hydrazine groups is 1. The van der Waals surface area contributed by atoms with Gasteiger partial charge in [-0.3, -0.25) is 9.59 Å². The fourth-order valence-electron chi connectivity index (χ4n) is 3.72. The van der Waals surface area contributed by atoms with Crippen molar-refractivity contribution in [2.75, 3.05) is 7.11 Å². The van der Waals surface area contributed by atoms with Crippen LogP contribution >= 0.6 is 0 Å². The van der Waals surface area contributed by atoms with Crippen LogP contribution in [0, 0.1) is 13.8 Å². The molecule has 1 fully saturated rings. The summed E-state index contributed by atoms with van der Waals surface area (Å²) in [6, 6.07) is 21.7. The van der Waals surface area contributed by atoms with E-state index < -0.39 is 12.1 Å². The zero-order chi connectivity index (χ0) is 22.7. The zero-order valence-electron chi connectivity index (χ0n) is 18.3. The van der Waals surface area contributed by atoms with Crippen LogP contribution in [-0.2, 0) is 4.79 Å². The van der Waals surface area contributed by atoms with Crippen LogP contribution in [0.15, 0.2) is 72.8 Å². The van der Waals surface area contributed by atoms with Gasteiger partial charge in [0.05, 0.1) is 7.11 Å². The molecule has 1 saturated heterocycles. The number of nitrogens with one attached hydrogen (secondary N) is 2. The van der Waals surface area contributed by atoms with Gasteiger partial charge in [0.2, 0.25) is 12.3 Å². The second-order valence-electron chi connectivity index (χ2n) is 7.96. The van der Waals surface area contributed by atoms with Crippen molar-refractivity contribution in [3.05, 3.63) is 101 Å². The van der Waals surface area contributed by atoms with Crippen molar-refractivity contribution < 1.29 is 19.0 Å². The highest BCUT2D eigenvalue weighted by Gasteiger charge is 2.47. The molecular weight excluding hydrogens is 402 g/mol. The smallest absolute Gasteiger partial charge is 0.304 e. The van der Waals surface area contributed by atoms with Crippen LogP contribution in [0.5, 0.6) is 5.75 Å². The summed E-state index contributed by atoms with van der Waals surface area (Å²) in [5.74, 6) is 0.209. The Hall–Kier alpha value is -3.93. The predicted octanol–water partition coefficient (Wildman–Crippen LogP) is 3.33. The van der Waals surface area contributed by atoms with E-state index in [1.165, 1.54) is 0 Å². The summed E-state index contributed by atoms with van der Waals surface area (Å²) < 4.78 is 6.98. The van der Waals surface area contributed by atoms with Gasteiger partial charge in [-0.15, -0.1) is 10.1 Å². The van der Waals surface area contributed by atoms with Gasteiger partial charge in [0.15, 0.2) is 6.04 Å². The van der Waals surface area contributed by atoms with E-state index in [1.54, 1.807) is 23.9 Å². The molecule has 3 aromatic carbocycles. The van der Waals surface area contributed by atoms with Crippen molar-refractivity contribution in [3.8, 4) is 5.75 Å². The molecule has 0 aliphatic carbocycles. The van der Waals surface area contributed by atoms with Crippen molar-refractivity contribution in [3.63, 3.8) is 0 Å². The number of hydrogen-bond donors (Lipinski definition) is 2. The SMILES string of the molecule is COc1ccc(/C=[N+]2\NC(=O)[C@@H](NC(=O)c3ccc(C)cc3)[C@@H]2c2ccc(C)cc2)cc1. The van der Waals surface area contributed by atoms with E-state index in [-0.39, 0.29) is 11.8 Å². The molecule has 0 saturated carbocycles. The molecule has 0 bridgehead atoms. The molecule has 2 amide bonds. The third-order valence-corrected chi connectivity index (χ3v) is 5.56. The fourth-order valence-corrected chi connectivity index (χ4v) is 3.72. The Bertz CT molecular complexity index is 1150. The maximum Gasteiger partial charge on any atom is 0.304 e. The average Bonchev–Trinajstić information content (AvgIpc) is 3.09. The summed E-state index contributed by atoms with van der Waals surface area (Å²) in [6.45, 7) is 3.98. The second kappa shape index (κ2) is 9.06. The van der Waals surface area contributed by atoms with Crippen LogP contribution in [0.25, 0.3) is 0 Å². The number of hydrazone groups is 1. The van der Waals surface area contributed by atoms with E-state index in [4.69, 9.17) is 4.74 Å². The van der Waals surface area contributed by atoms with Crippen LogP contribution in [-0.4, -0.2) is 35.9 Å². The van der Waals surface area contributed by atoms with Gasteiger partial charge in [-0.2, -0.15) is 0 Å². The summed E-state index contributed by atoms with van der Waals surface area (Å²) in [5.41, 5.74) is 7.43. The first-order chi connectivity index (χ1) is 15.4. The van der Waals surface area contributed by atoms with Crippen molar-refractivity contribution in [1.82, 2.24) is 10.7 Å². The number of methoxy groups -OCH3 is 1. The molecule has 0 unspecified atom stereocenters. The number of carbonyl (C=O) groups excluding carboxylic acids is 2. The third kappa shape index (κ3) is 4.54. The quantitative estimate of drug-likeness (QED) is 0.613. The van der Waals surface area contributed by atoms with Gasteiger partial charge >= 0.3 is 5.91 Å². The highest BCUT2D eigenvalue weighted by Crippen LogP contribution is 2.26. The van der Waals surface area contributed by atoms with Gasteiger partial charge in [0.25, 0.3) is 5.91 Å². The fraction of sp³-hybridized carbons (Fsp3) is 0.192. The highest BCUT2D eigenvalue weighted by atomic mass is 16.5. The second-order valence-corrected chi connectivity index (χ2v) is 7.96. The Morgan fingerprint density at radius 1 is 0.938 bits per heavy atom. The molecule has 6 heteroatoms. The summed E-state index contributed by atoms with van der Waals surface area (Å²) >= 11 is 0. The van der Waals surface area contributed by atoms with Gasteiger partial charge < -0.3 is 10.1 Å². The van der Waals surface area contributed by atoms with Crippen LogP contribution in [0.1, 0.15) is 38.7 Å². The first-order valence-corrected chi connectivity index (χ1v) is 10.5. The maximum atomic E-state index is 12.9. The third-order valence-electron chi connectivity index (χ3n) is 5.56. The van der Waals surface area contributed by atoms with E-state index in [0.29, 0.717) is 5.56 Å². The molecule has 1 heterocycles. The van der Waals surface area contributed by atoms with Gasteiger partial charge in [0, 0.05) is 16.7 Å². The summed E-state index contributed by atoms with van der Waals surface area (Å²) in [7, 11) is 1.62.